The minimum absolute atomic E-state index is 0.0802. The maximum Gasteiger partial charge on any atom is 0.325 e. The molecule has 9 heteroatoms. The van der Waals surface area contributed by atoms with Gasteiger partial charge in [-0.2, -0.15) is 4.31 Å². The summed E-state index contributed by atoms with van der Waals surface area (Å²) in [6, 6.07) is 4.39. The fourth-order valence-corrected chi connectivity index (χ4v) is 4.19. The highest BCUT2D eigenvalue weighted by molar-refractivity contribution is 7.89. The van der Waals surface area contributed by atoms with Gasteiger partial charge in [0, 0.05) is 18.7 Å². The van der Waals surface area contributed by atoms with Crippen LogP contribution >= 0.6 is 0 Å². The minimum Gasteiger partial charge on any atom is -0.480 e. The molecular formula is C16H22N2O6S. The number of amides is 1. The summed E-state index contributed by atoms with van der Waals surface area (Å²) in [5.41, 5.74) is 0.191. The number of carboxylic acids is 1. The van der Waals surface area contributed by atoms with Crippen LogP contribution in [0.5, 0.6) is 0 Å². The Morgan fingerprint density at radius 3 is 2.20 bits per heavy atom. The van der Waals surface area contributed by atoms with Crippen LogP contribution in [0.4, 0.5) is 0 Å². The van der Waals surface area contributed by atoms with E-state index in [9.17, 15) is 18.0 Å². The number of nitrogens with zero attached hydrogens (tertiary/aromatic N) is 1. The van der Waals surface area contributed by atoms with Gasteiger partial charge in [0.05, 0.1) is 17.1 Å². The molecule has 25 heavy (non-hydrogen) atoms. The zero-order valence-electron chi connectivity index (χ0n) is 14.3. The molecule has 1 aliphatic rings. The van der Waals surface area contributed by atoms with Crippen molar-refractivity contribution in [2.75, 3.05) is 13.1 Å². The van der Waals surface area contributed by atoms with Gasteiger partial charge in [-0.1, -0.05) is 0 Å². The largest absolute Gasteiger partial charge is 0.480 e. The van der Waals surface area contributed by atoms with Crippen molar-refractivity contribution < 1.29 is 27.9 Å². The minimum atomic E-state index is -3.68. The lowest BCUT2D eigenvalue weighted by molar-refractivity contribution is -0.138. The van der Waals surface area contributed by atoms with Crippen molar-refractivity contribution in [3.63, 3.8) is 0 Å². The van der Waals surface area contributed by atoms with E-state index in [1.54, 1.807) is 0 Å². The third-order valence-corrected chi connectivity index (χ3v) is 5.70. The van der Waals surface area contributed by atoms with E-state index in [-0.39, 0.29) is 35.8 Å². The molecule has 1 aliphatic heterocycles. The van der Waals surface area contributed by atoms with E-state index < -0.39 is 27.9 Å². The predicted octanol–water partition coefficient (Wildman–Crippen LogP) is 0.687. The molecule has 1 aromatic rings. The van der Waals surface area contributed by atoms with Gasteiger partial charge in [0.1, 0.15) is 6.04 Å². The number of aliphatic carboxylic acids is 1. The molecule has 1 saturated heterocycles. The zero-order chi connectivity index (χ0) is 18.8. The molecule has 0 aliphatic carbocycles. The average molecular weight is 370 g/mol. The fraction of sp³-hybridized carbons (Fsp3) is 0.500. The summed E-state index contributed by atoms with van der Waals surface area (Å²) in [5.74, 6) is -1.73. The van der Waals surface area contributed by atoms with Crippen LogP contribution < -0.4 is 5.32 Å². The average Bonchev–Trinajstić information content (AvgIpc) is 2.53. The molecule has 8 nitrogen and oxygen atoms in total. The quantitative estimate of drug-likeness (QED) is 0.788. The molecule has 0 aromatic heterocycles. The molecule has 1 aromatic carbocycles. The molecule has 3 atom stereocenters. The number of hydrogen-bond donors (Lipinski definition) is 2. The highest BCUT2D eigenvalue weighted by atomic mass is 32.2. The Kier molecular flexibility index (Phi) is 5.81. The van der Waals surface area contributed by atoms with E-state index in [1.165, 1.54) is 35.5 Å². The summed E-state index contributed by atoms with van der Waals surface area (Å²) in [5, 5.41) is 11.1. The number of hydrogen-bond acceptors (Lipinski definition) is 5. The number of carbonyl (C=O) groups is 2. The van der Waals surface area contributed by atoms with Crippen molar-refractivity contribution >= 4 is 21.9 Å². The van der Waals surface area contributed by atoms with Crippen molar-refractivity contribution in [2.45, 2.75) is 43.9 Å². The van der Waals surface area contributed by atoms with Crippen LogP contribution in [0.2, 0.25) is 0 Å². The van der Waals surface area contributed by atoms with Crippen LogP contribution in [0, 0.1) is 0 Å². The highest BCUT2D eigenvalue weighted by Gasteiger charge is 2.32. The van der Waals surface area contributed by atoms with Crippen molar-refractivity contribution in [3.05, 3.63) is 29.8 Å². The number of rotatable bonds is 5. The lowest BCUT2D eigenvalue weighted by Crippen LogP contribution is -2.48. The lowest BCUT2D eigenvalue weighted by Gasteiger charge is -2.34. The molecule has 0 radical (unpaired) electrons. The van der Waals surface area contributed by atoms with Crippen molar-refractivity contribution in [1.29, 1.82) is 0 Å². The van der Waals surface area contributed by atoms with Gasteiger partial charge in [-0.05, 0) is 45.0 Å². The molecule has 1 fully saturated rings. The maximum atomic E-state index is 12.7. The first kappa shape index (κ1) is 19.4. The summed E-state index contributed by atoms with van der Waals surface area (Å²) in [7, 11) is -3.68. The molecule has 1 heterocycles. The Bertz CT molecular complexity index is 736. The number of benzene rings is 1. The number of carbonyl (C=O) groups excluding carboxylic acids is 1. The summed E-state index contributed by atoms with van der Waals surface area (Å²) in [4.78, 5) is 22.8. The van der Waals surface area contributed by atoms with Crippen LogP contribution in [0.3, 0.4) is 0 Å². The molecule has 2 rings (SSSR count). The Balaban J connectivity index is 2.15. The highest BCUT2D eigenvalue weighted by Crippen LogP contribution is 2.21. The van der Waals surface area contributed by atoms with Crippen LogP contribution in [0.25, 0.3) is 0 Å². The van der Waals surface area contributed by atoms with Crippen LogP contribution in [0.15, 0.2) is 29.2 Å². The van der Waals surface area contributed by atoms with Gasteiger partial charge < -0.3 is 15.2 Å². The Hall–Kier alpha value is -1.97. The molecular weight excluding hydrogens is 348 g/mol. The Morgan fingerprint density at radius 2 is 1.72 bits per heavy atom. The number of sulfonamides is 1. The first-order chi connectivity index (χ1) is 11.6. The van der Waals surface area contributed by atoms with Crippen LogP contribution in [-0.4, -0.2) is 61.0 Å². The van der Waals surface area contributed by atoms with Gasteiger partial charge in [0.2, 0.25) is 10.0 Å². The van der Waals surface area contributed by atoms with Crippen molar-refractivity contribution in [3.8, 4) is 0 Å². The Morgan fingerprint density at radius 1 is 1.20 bits per heavy atom. The second-order valence-corrected chi connectivity index (χ2v) is 8.08. The molecule has 138 valence electrons. The molecule has 0 spiro atoms. The monoisotopic (exact) mass is 370 g/mol. The van der Waals surface area contributed by atoms with E-state index in [0.29, 0.717) is 0 Å². The first-order valence-corrected chi connectivity index (χ1v) is 9.34. The standard InChI is InChI=1S/C16H22N2O6S/c1-10-8-18(9-11(2)24-10)25(22,23)14-6-4-13(5-7-14)15(19)17-12(3)16(20)21/h4-7,10-12H,8-9H2,1-3H3,(H,17,19)(H,20,21)/t10?,11?,12-/m1/s1. The third-order valence-electron chi connectivity index (χ3n) is 3.86. The van der Waals surface area contributed by atoms with Gasteiger partial charge in [-0.15, -0.1) is 0 Å². The Labute approximate surface area is 146 Å². The van der Waals surface area contributed by atoms with Crippen molar-refractivity contribution in [1.82, 2.24) is 9.62 Å². The van der Waals surface area contributed by atoms with Crippen molar-refractivity contribution in [2.24, 2.45) is 0 Å². The van der Waals surface area contributed by atoms with E-state index in [1.807, 2.05) is 13.8 Å². The zero-order valence-corrected chi connectivity index (χ0v) is 15.1. The number of morpholine rings is 1. The summed E-state index contributed by atoms with van der Waals surface area (Å²) < 4.78 is 32.4. The summed E-state index contributed by atoms with van der Waals surface area (Å²) in [6.45, 7) is 5.51. The van der Waals surface area contributed by atoms with Gasteiger partial charge >= 0.3 is 5.97 Å². The molecule has 0 bridgehead atoms. The van der Waals surface area contributed by atoms with Gasteiger partial charge in [-0.3, -0.25) is 9.59 Å². The topological polar surface area (TPSA) is 113 Å². The second-order valence-electron chi connectivity index (χ2n) is 6.14. The van der Waals surface area contributed by atoms with E-state index >= 15 is 0 Å². The normalized spacial score (nSPS) is 23.0. The third kappa shape index (κ3) is 4.56. The maximum absolute atomic E-state index is 12.7. The SMILES string of the molecule is CC1CN(S(=O)(=O)c2ccc(C(=O)N[C@H](C)C(=O)O)cc2)CC(C)O1. The number of ether oxygens (including phenoxy) is 1. The van der Waals surface area contributed by atoms with Gasteiger partial charge in [0.25, 0.3) is 5.91 Å². The molecule has 0 saturated carbocycles. The predicted molar refractivity (Wildman–Crippen MR) is 89.8 cm³/mol. The first-order valence-electron chi connectivity index (χ1n) is 7.90. The van der Waals surface area contributed by atoms with Gasteiger partial charge in [-0.25, -0.2) is 8.42 Å². The molecule has 2 unspecified atom stereocenters. The molecule has 1 amide bonds. The number of nitrogens with one attached hydrogen (secondary N) is 1. The molecule has 2 N–H and O–H groups in total. The van der Waals surface area contributed by atoms with Crippen LogP contribution in [0.1, 0.15) is 31.1 Å². The summed E-state index contributed by atoms with van der Waals surface area (Å²) in [6.07, 6.45) is -0.387. The fourth-order valence-electron chi connectivity index (χ4n) is 2.60. The second kappa shape index (κ2) is 7.51. The lowest BCUT2D eigenvalue weighted by atomic mass is 10.2. The van der Waals surface area contributed by atoms with E-state index in [2.05, 4.69) is 5.32 Å². The van der Waals surface area contributed by atoms with E-state index in [4.69, 9.17) is 9.84 Å². The summed E-state index contributed by atoms with van der Waals surface area (Å²) >= 11 is 0. The number of carboxylic acid groups (broad SMARTS) is 1. The van der Waals surface area contributed by atoms with Gasteiger partial charge in [0.15, 0.2) is 0 Å². The van der Waals surface area contributed by atoms with E-state index in [0.717, 1.165) is 0 Å². The van der Waals surface area contributed by atoms with Crippen LogP contribution in [-0.2, 0) is 19.6 Å². The smallest absolute Gasteiger partial charge is 0.325 e.